The maximum absolute atomic E-state index is 12.7. The van der Waals surface area contributed by atoms with E-state index in [9.17, 15) is 13.2 Å². The summed E-state index contributed by atoms with van der Waals surface area (Å²) in [5.41, 5.74) is 1.25. The second-order valence-electron chi connectivity index (χ2n) is 5.11. The van der Waals surface area contributed by atoms with E-state index in [4.69, 9.17) is 0 Å². The molecule has 0 aliphatic carbocycles. The lowest BCUT2D eigenvalue weighted by atomic mass is 10.1. The Hall–Kier alpha value is -0.940. The van der Waals surface area contributed by atoms with Crippen molar-refractivity contribution in [1.29, 1.82) is 0 Å². The maximum Gasteiger partial charge on any atom is 0.416 e. The first-order valence-electron chi connectivity index (χ1n) is 6.16. The normalized spacial score (nSPS) is 25.6. The molecule has 1 aromatic rings. The minimum atomic E-state index is -4.26. The summed E-state index contributed by atoms with van der Waals surface area (Å²) in [6, 6.07) is 4.66. The Morgan fingerprint density at radius 1 is 1.26 bits per heavy atom. The molecular formula is C13H16ClF3N2. The largest absolute Gasteiger partial charge is 0.416 e. The monoisotopic (exact) mass is 292 g/mol. The molecule has 0 saturated carbocycles. The van der Waals surface area contributed by atoms with Gasteiger partial charge in [0.05, 0.1) is 5.56 Å². The van der Waals surface area contributed by atoms with Crippen LogP contribution in [0.25, 0.3) is 0 Å². The lowest BCUT2D eigenvalue weighted by Gasteiger charge is -2.38. The van der Waals surface area contributed by atoms with Gasteiger partial charge in [0.2, 0.25) is 0 Å². The van der Waals surface area contributed by atoms with E-state index in [0.29, 0.717) is 6.04 Å². The van der Waals surface area contributed by atoms with Gasteiger partial charge in [-0.25, -0.2) is 0 Å². The zero-order chi connectivity index (χ0) is 12.9. The zero-order valence-corrected chi connectivity index (χ0v) is 11.3. The fourth-order valence-electron chi connectivity index (χ4n) is 3.03. The molecule has 3 rings (SSSR count). The third kappa shape index (κ3) is 2.41. The van der Waals surface area contributed by atoms with E-state index in [2.05, 4.69) is 17.1 Å². The van der Waals surface area contributed by atoms with Gasteiger partial charge in [0.25, 0.3) is 0 Å². The third-order valence-corrected chi connectivity index (χ3v) is 3.83. The van der Waals surface area contributed by atoms with Crippen molar-refractivity contribution >= 4 is 18.1 Å². The summed E-state index contributed by atoms with van der Waals surface area (Å²) < 4.78 is 38.2. The second kappa shape index (κ2) is 4.87. The Morgan fingerprint density at radius 3 is 2.68 bits per heavy atom. The van der Waals surface area contributed by atoms with Crippen molar-refractivity contribution in [3.63, 3.8) is 0 Å². The topological polar surface area (TPSA) is 15.3 Å². The summed E-state index contributed by atoms with van der Waals surface area (Å²) in [7, 11) is 0. The van der Waals surface area contributed by atoms with E-state index in [1.165, 1.54) is 12.1 Å². The van der Waals surface area contributed by atoms with E-state index >= 15 is 0 Å². The van der Waals surface area contributed by atoms with Gasteiger partial charge in [0.1, 0.15) is 0 Å². The van der Waals surface area contributed by atoms with Crippen molar-refractivity contribution in [3.05, 3.63) is 29.3 Å². The van der Waals surface area contributed by atoms with Crippen LogP contribution in [0.2, 0.25) is 0 Å². The zero-order valence-electron chi connectivity index (χ0n) is 10.5. The van der Waals surface area contributed by atoms with Crippen LogP contribution in [0.5, 0.6) is 0 Å². The summed E-state index contributed by atoms with van der Waals surface area (Å²) in [6.45, 7) is 3.72. The van der Waals surface area contributed by atoms with E-state index in [1.807, 2.05) is 0 Å². The molecule has 1 saturated heterocycles. The fraction of sp³-hybridized carbons (Fsp3) is 0.538. The minimum Gasteiger partial charge on any atom is -0.363 e. The smallest absolute Gasteiger partial charge is 0.363 e. The second-order valence-corrected chi connectivity index (χ2v) is 5.11. The number of piperazine rings is 1. The number of nitrogens with zero attached hydrogens (tertiary/aromatic N) is 1. The average Bonchev–Trinajstić information content (AvgIpc) is 2.66. The van der Waals surface area contributed by atoms with Gasteiger partial charge < -0.3 is 10.2 Å². The molecule has 2 heterocycles. The summed E-state index contributed by atoms with van der Waals surface area (Å²) in [5, 5.41) is 3.32. The van der Waals surface area contributed by atoms with Crippen LogP contribution >= 0.6 is 12.4 Å². The van der Waals surface area contributed by atoms with Crippen LogP contribution in [0.15, 0.2) is 18.2 Å². The molecule has 0 amide bonds. The third-order valence-electron chi connectivity index (χ3n) is 3.83. The molecule has 2 aliphatic heterocycles. The number of hydrogen-bond donors (Lipinski definition) is 1. The minimum absolute atomic E-state index is 0. The lowest BCUT2D eigenvalue weighted by molar-refractivity contribution is -0.137. The Kier molecular flexibility index (Phi) is 3.71. The predicted molar refractivity (Wildman–Crippen MR) is 71.0 cm³/mol. The van der Waals surface area contributed by atoms with Gasteiger partial charge >= 0.3 is 6.18 Å². The molecule has 19 heavy (non-hydrogen) atoms. The lowest BCUT2D eigenvalue weighted by Crippen LogP contribution is -2.54. The van der Waals surface area contributed by atoms with Crippen LogP contribution in [-0.2, 0) is 12.6 Å². The van der Waals surface area contributed by atoms with Crippen LogP contribution in [0, 0.1) is 0 Å². The van der Waals surface area contributed by atoms with Crippen molar-refractivity contribution in [2.45, 2.75) is 31.6 Å². The molecule has 1 aromatic carbocycles. The van der Waals surface area contributed by atoms with E-state index in [1.54, 1.807) is 6.07 Å². The van der Waals surface area contributed by atoms with Gasteiger partial charge in [0.15, 0.2) is 0 Å². The van der Waals surface area contributed by atoms with E-state index in [-0.39, 0.29) is 18.4 Å². The van der Waals surface area contributed by atoms with Crippen LogP contribution in [0.3, 0.4) is 0 Å². The molecule has 0 radical (unpaired) electrons. The highest BCUT2D eigenvalue weighted by Crippen LogP contribution is 2.39. The molecule has 0 bridgehead atoms. The Morgan fingerprint density at radius 2 is 2.00 bits per heavy atom. The van der Waals surface area contributed by atoms with Gasteiger partial charge in [-0.05, 0) is 31.0 Å². The van der Waals surface area contributed by atoms with E-state index in [0.717, 1.165) is 30.8 Å². The number of halogens is 4. The molecule has 0 spiro atoms. The highest BCUT2D eigenvalue weighted by atomic mass is 35.5. The number of benzene rings is 1. The number of alkyl halides is 3. The van der Waals surface area contributed by atoms with Gasteiger partial charge in [-0.1, -0.05) is 6.07 Å². The highest BCUT2D eigenvalue weighted by Gasteiger charge is 2.38. The SMILES string of the molecule is C[C@@H]1CNC[C@@H]2Cc3ccc(C(F)(F)F)cc3N21.Cl. The van der Waals surface area contributed by atoms with Crippen molar-refractivity contribution in [3.8, 4) is 0 Å². The number of rotatable bonds is 0. The standard InChI is InChI=1S/C13H15F3N2.ClH/c1-8-6-17-7-11-4-9-2-3-10(13(14,15)16)5-12(9)18(8)11;/h2-3,5,8,11,17H,4,6-7H2,1H3;1H/t8-,11+;/m1./s1. The molecule has 2 atom stereocenters. The molecule has 6 heteroatoms. The van der Waals surface area contributed by atoms with Crippen LogP contribution in [-0.4, -0.2) is 25.2 Å². The van der Waals surface area contributed by atoms with Gasteiger partial charge in [-0.2, -0.15) is 13.2 Å². The quantitative estimate of drug-likeness (QED) is 0.791. The number of anilines is 1. The Balaban J connectivity index is 0.00000133. The summed E-state index contributed by atoms with van der Waals surface area (Å²) in [6.07, 6.45) is -3.42. The predicted octanol–water partition coefficient (Wildman–Crippen LogP) is 2.85. The molecule has 0 unspecified atom stereocenters. The van der Waals surface area contributed by atoms with Crippen LogP contribution in [0.1, 0.15) is 18.1 Å². The molecule has 0 aromatic heterocycles. The Labute approximate surface area is 116 Å². The Bertz CT molecular complexity index is 475. The molecule has 106 valence electrons. The molecule has 1 fully saturated rings. The van der Waals surface area contributed by atoms with Crippen molar-refractivity contribution in [2.24, 2.45) is 0 Å². The highest BCUT2D eigenvalue weighted by molar-refractivity contribution is 5.85. The first kappa shape index (κ1) is 14.5. The molecule has 2 nitrogen and oxygen atoms in total. The summed E-state index contributed by atoms with van der Waals surface area (Å²) in [5.74, 6) is 0. The number of nitrogens with one attached hydrogen (secondary N) is 1. The van der Waals surface area contributed by atoms with Gasteiger partial charge in [-0.15, -0.1) is 12.4 Å². The fourth-order valence-corrected chi connectivity index (χ4v) is 3.03. The maximum atomic E-state index is 12.7. The molecular weight excluding hydrogens is 277 g/mol. The first-order chi connectivity index (χ1) is 8.47. The first-order valence-corrected chi connectivity index (χ1v) is 6.16. The van der Waals surface area contributed by atoms with Crippen molar-refractivity contribution in [1.82, 2.24) is 5.32 Å². The van der Waals surface area contributed by atoms with E-state index < -0.39 is 11.7 Å². The van der Waals surface area contributed by atoms with Gasteiger partial charge in [0, 0.05) is 30.9 Å². The van der Waals surface area contributed by atoms with Crippen molar-refractivity contribution < 1.29 is 13.2 Å². The summed E-state index contributed by atoms with van der Waals surface area (Å²) in [4.78, 5) is 2.14. The van der Waals surface area contributed by atoms with Crippen molar-refractivity contribution in [2.75, 3.05) is 18.0 Å². The van der Waals surface area contributed by atoms with Gasteiger partial charge in [-0.3, -0.25) is 0 Å². The summed E-state index contributed by atoms with van der Waals surface area (Å²) >= 11 is 0. The average molecular weight is 293 g/mol. The van der Waals surface area contributed by atoms with Crippen LogP contribution in [0.4, 0.5) is 18.9 Å². The molecule has 1 N–H and O–H groups in total. The molecule has 2 aliphatic rings. The number of fused-ring (bicyclic) bond motifs is 3. The number of hydrogen-bond acceptors (Lipinski definition) is 2. The van der Waals surface area contributed by atoms with Crippen LogP contribution < -0.4 is 10.2 Å².